The first-order valence-electron chi connectivity index (χ1n) is 5.97. The fourth-order valence-electron chi connectivity index (χ4n) is 1.72. The molecule has 0 aliphatic carbocycles. The summed E-state index contributed by atoms with van der Waals surface area (Å²) in [5.74, 6) is -1.44. The second-order valence-electron chi connectivity index (χ2n) is 4.31. The third kappa shape index (κ3) is 3.75. The van der Waals surface area contributed by atoms with E-state index in [1.165, 1.54) is 36.4 Å². The molecule has 0 saturated carbocycles. The standard InChI is InChI=1S/C14H11FN2O4/c15-12-8-11(18)5-6-13(12)16-14(19)7-9-1-3-10(4-2-9)17(20)21/h1-6,8,18H,7H2,(H,16,19). The van der Waals surface area contributed by atoms with Crippen LogP contribution in [-0.2, 0) is 11.2 Å². The number of nitro benzene ring substituents is 1. The molecule has 7 heteroatoms. The molecular formula is C14H11FN2O4. The number of nitrogens with zero attached hydrogens (tertiary/aromatic N) is 1. The zero-order valence-corrected chi connectivity index (χ0v) is 10.7. The number of halogens is 1. The van der Waals surface area contributed by atoms with Gasteiger partial charge in [0.1, 0.15) is 11.6 Å². The molecule has 2 aromatic carbocycles. The predicted octanol–water partition coefficient (Wildman–Crippen LogP) is 2.62. The van der Waals surface area contributed by atoms with Gasteiger partial charge < -0.3 is 10.4 Å². The van der Waals surface area contributed by atoms with Crippen molar-refractivity contribution in [3.05, 3.63) is 64.0 Å². The van der Waals surface area contributed by atoms with Gasteiger partial charge in [-0.3, -0.25) is 14.9 Å². The summed E-state index contributed by atoms with van der Waals surface area (Å²) in [5.41, 5.74) is 0.459. The Balaban J connectivity index is 2.02. The number of anilines is 1. The summed E-state index contributed by atoms with van der Waals surface area (Å²) in [6.07, 6.45) is -0.0433. The van der Waals surface area contributed by atoms with Gasteiger partial charge in [0.2, 0.25) is 5.91 Å². The number of carbonyl (C=O) groups excluding carboxylic acids is 1. The highest BCUT2D eigenvalue weighted by Gasteiger charge is 2.10. The van der Waals surface area contributed by atoms with Gasteiger partial charge in [-0.1, -0.05) is 12.1 Å². The maximum Gasteiger partial charge on any atom is 0.269 e. The molecule has 2 N–H and O–H groups in total. The minimum absolute atomic E-state index is 0.0419. The monoisotopic (exact) mass is 290 g/mol. The second kappa shape index (κ2) is 6.00. The van der Waals surface area contributed by atoms with E-state index in [1.54, 1.807) is 0 Å². The summed E-state index contributed by atoms with van der Waals surface area (Å²) in [5, 5.41) is 21.9. The lowest BCUT2D eigenvalue weighted by Crippen LogP contribution is -2.15. The summed E-state index contributed by atoms with van der Waals surface area (Å²) in [7, 11) is 0. The number of amides is 1. The van der Waals surface area contributed by atoms with Crippen molar-refractivity contribution < 1.29 is 19.2 Å². The van der Waals surface area contributed by atoms with Crippen molar-refractivity contribution in [2.45, 2.75) is 6.42 Å². The number of hydrogen-bond donors (Lipinski definition) is 2. The largest absolute Gasteiger partial charge is 0.508 e. The summed E-state index contributed by atoms with van der Waals surface area (Å²) in [6, 6.07) is 8.91. The number of phenolic OH excluding ortho intramolecular Hbond substituents is 1. The van der Waals surface area contributed by atoms with Crippen LogP contribution in [0.2, 0.25) is 0 Å². The molecule has 0 aromatic heterocycles. The zero-order valence-electron chi connectivity index (χ0n) is 10.7. The third-order valence-electron chi connectivity index (χ3n) is 2.74. The number of hydrogen-bond acceptors (Lipinski definition) is 4. The Morgan fingerprint density at radius 3 is 2.48 bits per heavy atom. The van der Waals surface area contributed by atoms with E-state index in [-0.39, 0.29) is 23.5 Å². The summed E-state index contributed by atoms with van der Waals surface area (Å²) < 4.78 is 13.4. The van der Waals surface area contributed by atoms with Gasteiger partial charge in [0.15, 0.2) is 0 Å². The van der Waals surface area contributed by atoms with Crippen molar-refractivity contribution in [3.63, 3.8) is 0 Å². The number of nitrogens with one attached hydrogen (secondary N) is 1. The lowest BCUT2D eigenvalue weighted by Gasteiger charge is -2.06. The molecule has 6 nitrogen and oxygen atoms in total. The van der Waals surface area contributed by atoms with Crippen LogP contribution in [0.3, 0.4) is 0 Å². The number of nitro groups is 1. The molecule has 0 aliphatic rings. The highest BCUT2D eigenvalue weighted by Crippen LogP contribution is 2.20. The van der Waals surface area contributed by atoms with Gasteiger partial charge in [0, 0.05) is 18.2 Å². The van der Waals surface area contributed by atoms with Crippen molar-refractivity contribution in [3.8, 4) is 5.75 Å². The first-order chi connectivity index (χ1) is 9.95. The zero-order chi connectivity index (χ0) is 15.4. The van der Waals surface area contributed by atoms with Crippen LogP contribution in [0.1, 0.15) is 5.56 Å². The average Bonchev–Trinajstić information content (AvgIpc) is 2.42. The van der Waals surface area contributed by atoms with Gasteiger partial charge in [-0.25, -0.2) is 4.39 Å². The quantitative estimate of drug-likeness (QED) is 0.514. The van der Waals surface area contributed by atoms with Crippen LogP contribution in [0, 0.1) is 15.9 Å². The normalized spacial score (nSPS) is 10.1. The van der Waals surface area contributed by atoms with Crippen molar-refractivity contribution in [1.82, 2.24) is 0 Å². The lowest BCUT2D eigenvalue weighted by atomic mass is 10.1. The van der Waals surface area contributed by atoms with Crippen LogP contribution >= 0.6 is 0 Å². The van der Waals surface area contributed by atoms with E-state index >= 15 is 0 Å². The molecule has 0 saturated heterocycles. The lowest BCUT2D eigenvalue weighted by molar-refractivity contribution is -0.384. The fourth-order valence-corrected chi connectivity index (χ4v) is 1.72. The molecule has 21 heavy (non-hydrogen) atoms. The number of phenols is 1. The molecular weight excluding hydrogens is 279 g/mol. The van der Waals surface area contributed by atoms with Crippen molar-refractivity contribution >= 4 is 17.3 Å². The van der Waals surface area contributed by atoms with Crippen LogP contribution in [-0.4, -0.2) is 15.9 Å². The van der Waals surface area contributed by atoms with Gasteiger partial charge in [-0.2, -0.15) is 0 Å². The Morgan fingerprint density at radius 1 is 1.24 bits per heavy atom. The topological polar surface area (TPSA) is 92.5 Å². The van der Waals surface area contributed by atoms with Gasteiger partial charge in [0.25, 0.3) is 5.69 Å². The van der Waals surface area contributed by atoms with E-state index in [9.17, 15) is 19.3 Å². The molecule has 108 valence electrons. The van der Waals surface area contributed by atoms with Gasteiger partial charge in [-0.05, 0) is 17.7 Å². The first kappa shape index (κ1) is 14.4. The molecule has 0 unspecified atom stereocenters. The summed E-state index contributed by atoms with van der Waals surface area (Å²) >= 11 is 0. The number of rotatable bonds is 4. The van der Waals surface area contributed by atoms with Crippen LogP contribution < -0.4 is 5.32 Å². The summed E-state index contributed by atoms with van der Waals surface area (Å²) in [4.78, 5) is 21.7. The minimum atomic E-state index is -0.743. The predicted molar refractivity (Wildman–Crippen MR) is 73.5 cm³/mol. The van der Waals surface area contributed by atoms with Crippen LogP contribution in [0.4, 0.5) is 15.8 Å². The highest BCUT2D eigenvalue weighted by molar-refractivity contribution is 5.92. The highest BCUT2D eigenvalue weighted by atomic mass is 19.1. The summed E-state index contributed by atoms with van der Waals surface area (Å²) in [6.45, 7) is 0. The molecule has 0 aliphatic heterocycles. The SMILES string of the molecule is O=C(Cc1ccc([N+](=O)[O-])cc1)Nc1ccc(O)cc1F. The molecule has 0 heterocycles. The minimum Gasteiger partial charge on any atom is -0.508 e. The molecule has 1 amide bonds. The average molecular weight is 290 g/mol. The maximum atomic E-state index is 13.4. The number of benzene rings is 2. The van der Waals surface area contributed by atoms with Gasteiger partial charge >= 0.3 is 0 Å². The maximum absolute atomic E-state index is 13.4. The van der Waals surface area contributed by atoms with E-state index in [2.05, 4.69) is 5.32 Å². The Bertz CT molecular complexity index is 686. The molecule has 2 rings (SSSR count). The van der Waals surface area contributed by atoms with Crippen molar-refractivity contribution in [2.24, 2.45) is 0 Å². The molecule has 0 radical (unpaired) electrons. The molecule has 2 aromatic rings. The van der Waals surface area contributed by atoms with Gasteiger partial charge in [0.05, 0.1) is 17.0 Å². The number of carbonyl (C=O) groups is 1. The molecule has 0 fully saturated rings. The molecule has 0 spiro atoms. The Kier molecular flexibility index (Phi) is 4.13. The van der Waals surface area contributed by atoms with E-state index < -0.39 is 16.6 Å². The van der Waals surface area contributed by atoms with E-state index in [0.717, 1.165) is 6.07 Å². The van der Waals surface area contributed by atoms with Gasteiger partial charge in [-0.15, -0.1) is 0 Å². The number of non-ortho nitro benzene ring substituents is 1. The van der Waals surface area contributed by atoms with Crippen LogP contribution in [0.15, 0.2) is 42.5 Å². The van der Waals surface area contributed by atoms with E-state index in [0.29, 0.717) is 5.56 Å². The van der Waals surface area contributed by atoms with Crippen molar-refractivity contribution in [1.29, 1.82) is 0 Å². The Labute approximate surface area is 119 Å². The second-order valence-corrected chi connectivity index (χ2v) is 4.31. The van der Waals surface area contributed by atoms with Crippen LogP contribution in [0.25, 0.3) is 0 Å². The van der Waals surface area contributed by atoms with E-state index in [1.807, 2.05) is 0 Å². The van der Waals surface area contributed by atoms with Crippen molar-refractivity contribution in [2.75, 3.05) is 5.32 Å². The molecule has 0 atom stereocenters. The fraction of sp³-hybridized carbons (Fsp3) is 0.0714. The number of aromatic hydroxyl groups is 1. The van der Waals surface area contributed by atoms with E-state index in [4.69, 9.17) is 5.11 Å². The van der Waals surface area contributed by atoms with Crippen LogP contribution in [0.5, 0.6) is 5.75 Å². The Morgan fingerprint density at radius 2 is 1.90 bits per heavy atom. The third-order valence-corrected chi connectivity index (χ3v) is 2.74. The Hall–Kier alpha value is -2.96. The smallest absolute Gasteiger partial charge is 0.269 e. The molecule has 0 bridgehead atoms. The first-order valence-corrected chi connectivity index (χ1v) is 5.97.